The van der Waals surface area contributed by atoms with E-state index in [1.54, 1.807) is 4.90 Å². The first-order chi connectivity index (χ1) is 16.4. The third-order valence-electron chi connectivity index (χ3n) is 6.19. The van der Waals surface area contributed by atoms with Crippen molar-refractivity contribution < 1.29 is 14.4 Å². The molecule has 6 heteroatoms. The van der Waals surface area contributed by atoms with Crippen molar-refractivity contribution in [3.63, 3.8) is 0 Å². The molecule has 174 valence electrons. The molecule has 1 aliphatic heterocycles. The van der Waals surface area contributed by atoms with Crippen LogP contribution >= 0.6 is 0 Å². The van der Waals surface area contributed by atoms with Gasteiger partial charge in [-0.3, -0.25) is 14.5 Å². The Hall–Kier alpha value is -3.93. The number of carbonyl (C=O) groups is 3. The number of nitrogens with one attached hydrogen (secondary N) is 1. The maximum atomic E-state index is 13.8. The van der Waals surface area contributed by atoms with Crippen molar-refractivity contribution >= 4 is 17.8 Å². The van der Waals surface area contributed by atoms with Gasteiger partial charge in [-0.15, -0.1) is 0 Å². The largest absolute Gasteiger partial charge is 0.334 e. The molecule has 0 unspecified atom stereocenters. The Bertz CT molecular complexity index is 1150. The fourth-order valence-corrected chi connectivity index (χ4v) is 4.38. The summed E-state index contributed by atoms with van der Waals surface area (Å²) in [6.45, 7) is 3.96. The van der Waals surface area contributed by atoms with Gasteiger partial charge in [0.25, 0.3) is 5.91 Å². The Kier molecular flexibility index (Phi) is 6.77. The summed E-state index contributed by atoms with van der Waals surface area (Å²) in [7, 11) is 0. The van der Waals surface area contributed by atoms with Gasteiger partial charge in [0.2, 0.25) is 5.91 Å². The third-order valence-corrected chi connectivity index (χ3v) is 6.19. The Balaban J connectivity index is 1.61. The van der Waals surface area contributed by atoms with E-state index in [4.69, 9.17) is 0 Å². The average Bonchev–Trinajstić information content (AvgIpc) is 3.09. The fourth-order valence-electron chi connectivity index (χ4n) is 4.38. The number of imide groups is 1. The smallest absolute Gasteiger partial charge is 0.325 e. The van der Waals surface area contributed by atoms with Crippen LogP contribution in [0.4, 0.5) is 4.79 Å². The Morgan fingerprint density at radius 3 is 1.94 bits per heavy atom. The number of hydrogen-bond acceptors (Lipinski definition) is 3. The van der Waals surface area contributed by atoms with Crippen molar-refractivity contribution in [1.82, 2.24) is 15.1 Å². The molecule has 3 aromatic rings. The van der Waals surface area contributed by atoms with Crippen molar-refractivity contribution in [2.75, 3.05) is 6.54 Å². The number of rotatable bonds is 8. The van der Waals surface area contributed by atoms with Crippen LogP contribution in [0.5, 0.6) is 0 Å². The van der Waals surface area contributed by atoms with Crippen LogP contribution in [0.2, 0.25) is 0 Å². The molecule has 0 bridgehead atoms. The third kappa shape index (κ3) is 4.71. The van der Waals surface area contributed by atoms with E-state index >= 15 is 0 Å². The minimum Gasteiger partial charge on any atom is -0.334 e. The minimum absolute atomic E-state index is 0.0864. The molecule has 1 atom stereocenters. The van der Waals surface area contributed by atoms with E-state index in [1.807, 2.05) is 105 Å². The first-order valence-electron chi connectivity index (χ1n) is 11.5. The first-order valence-corrected chi connectivity index (χ1v) is 11.5. The first kappa shape index (κ1) is 23.2. The molecule has 0 spiro atoms. The lowest BCUT2D eigenvalue weighted by Crippen LogP contribution is -2.48. The molecule has 1 fully saturated rings. The lowest BCUT2D eigenvalue weighted by Gasteiger charge is -2.29. The van der Waals surface area contributed by atoms with Crippen LogP contribution in [0, 0.1) is 0 Å². The van der Waals surface area contributed by atoms with Gasteiger partial charge in [-0.1, -0.05) is 91.0 Å². The molecular formula is C28H29N3O3. The highest BCUT2D eigenvalue weighted by atomic mass is 16.2. The standard InChI is InChI=1S/C28H29N3O3/c1-21(2)30(19-23-14-8-4-9-15-23)25(32)20-31-26(33)28(29-27(31)34,24-16-10-5-11-17-24)18-22-12-6-3-7-13-22/h3-17,21H,18-20H2,1-2H3,(H,29,34)/t28-/m0/s1. The lowest BCUT2D eigenvalue weighted by molar-refractivity contribution is -0.140. The molecule has 1 saturated heterocycles. The van der Waals surface area contributed by atoms with Crippen molar-refractivity contribution in [2.45, 2.75) is 38.4 Å². The number of carbonyl (C=O) groups excluding carboxylic acids is 3. The number of urea groups is 1. The van der Waals surface area contributed by atoms with E-state index in [0.29, 0.717) is 18.5 Å². The molecule has 4 amide bonds. The summed E-state index contributed by atoms with van der Waals surface area (Å²) in [5.41, 5.74) is 1.34. The summed E-state index contributed by atoms with van der Waals surface area (Å²) in [4.78, 5) is 42.9. The molecule has 0 radical (unpaired) electrons. The van der Waals surface area contributed by atoms with Gasteiger partial charge in [0.15, 0.2) is 5.54 Å². The normalized spacial score (nSPS) is 17.7. The Morgan fingerprint density at radius 1 is 0.853 bits per heavy atom. The van der Waals surface area contributed by atoms with Crippen LogP contribution in [0.3, 0.4) is 0 Å². The predicted octanol–water partition coefficient (Wildman–Crippen LogP) is 4.11. The van der Waals surface area contributed by atoms with Gasteiger partial charge in [0.05, 0.1) is 0 Å². The SMILES string of the molecule is CC(C)N(Cc1ccccc1)C(=O)CN1C(=O)N[C@@](Cc2ccccc2)(c2ccccc2)C1=O. The number of nitrogens with zero attached hydrogens (tertiary/aromatic N) is 2. The highest BCUT2D eigenvalue weighted by Crippen LogP contribution is 2.33. The predicted molar refractivity (Wildman–Crippen MR) is 131 cm³/mol. The molecule has 3 aromatic carbocycles. The van der Waals surface area contributed by atoms with Crippen LogP contribution in [-0.4, -0.2) is 40.2 Å². The summed E-state index contributed by atoms with van der Waals surface area (Å²) in [6, 6.07) is 27.8. The Morgan fingerprint density at radius 2 is 1.38 bits per heavy atom. The van der Waals surface area contributed by atoms with E-state index in [9.17, 15) is 14.4 Å². The minimum atomic E-state index is -1.26. The Labute approximate surface area is 200 Å². The maximum Gasteiger partial charge on any atom is 0.325 e. The highest BCUT2D eigenvalue weighted by molar-refractivity contribution is 6.09. The van der Waals surface area contributed by atoms with Crippen LogP contribution in [0.25, 0.3) is 0 Å². The molecule has 1 heterocycles. The number of benzene rings is 3. The summed E-state index contributed by atoms with van der Waals surface area (Å²) < 4.78 is 0. The van der Waals surface area contributed by atoms with Gasteiger partial charge >= 0.3 is 6.03 Å². The molecule has 1 aliphatic rings. The average molecular weight is 456 g/mol. The summed E-state index contributed by atoms with van der Waals surface area (Å²) >= 11 is 0. The molecule has 0 aliphatic carbocycles. The second-order valence-electron chi connectivity index (χ2n) is 8.86. The zero-order chi connectivity index (χ0) is 24.1. The van der Waals surface area contributed by atoms with Crippen molar-refractivity contribution in [3.8, 4) is 0 Å². The lowest BCUT2D eigenvalue weighted by atomic mass is 9.83. The monoisotopic (exact) mass is 455 g/mol. The summed E-state index contributed by atoms with van der Waals surface area (Å²) in [5.74, 6) is -0.685. The van der Waals surface area contributed by atoms with Gasteiger partial charge in [0, 0.05) is 19.0 Å². The van der Waals surface area contributed by atoms with E-state index in [1.165, 1.54) is 0 Å². The van der Waals surface area contributed by atoms with Crippen molar-refractivity contribution in [3.05, 3.63) is 108 Å². The van der Waals surface area contributed by atoms with Crippen LogP contribution in [-0.2, 0) is 28.1 Å². The number of amides is 4. The highest BCUT2D eigenvalue weighted by Gasteiger charge is 2.53. The van der Waals surface area contributed by atoms with Gasteiger partial charge in [-0.05, 0) is 30.5 Å². The zero-order valence-corrected chi connectivity index (χ0v) is 19.5. The van der Waals surface area contributed by atoms with Crippen molar-refractivity contribution in [1.29, 1.82) is 0 Å². The van der Waals surface area contributed by atoms with Gasteiger partial charge in [-0.25, -0.2) is 4.79 Å². The van der Waals surface area contributed by atoms with Gasteiger partial charge in [0.1, 0.15) is 6.54 Å². The van der Waals surface area contributed by atoms with E-state index in [2.05, 4.69) is 5.32 Å². The van der Waals surface area contributed by atoms with E-state index in [0.717, 1.165) is 16.0 Å². The summed E-state index contributed by atoms with van der Waals surface area (Å²) in [5, 5.41) is 2.92. The van der Waals surface area contributed by atoms with Crippen molar-refractivity contribution in [2.24, 2.45) is 0 Å². The van der Waals surface area contributed by atoms with Gasteiger partial charge in [-0.2, -0.15) is 0 Å². The molecule has 34 heavy (non-hydrogen) atoms. The number of hydrogen-bond donors (Lipinski definition) is 1. The second kappa shape index (κ2) is 9.91. The molecule has 0 saturated carbocycles. The topological polar surface area (TPSA) is 69.7 Å². The quantitative estimate of drug-likeness (QED) is 0.520. The van der Waals surface area contributed by atoms with Crippen LogP contribution in [0.15, 0.2) is 91.0 Å². The molecular weight excluding hydrogens is 426 g/mol. The molecule has 1 N–H and O–H groups in total. The van der Waals surface area contributed by atoms with Gasteiger partial charge < -0.3 is 10.2 Å². The fraction of sp³-hybridized carbons (Fsp3) is 0.250. The van der Waals surface area contributed by atoms with Crippen LogP contribution < -0.4 is 5.32 Å². The molecule has 6 nitrogen and oxygen atoms in total. The maximum absolute atomic E-state index is 13.8. The second-order valence-corrected chi connectivity index (χ2v) is 8.86. The summed E-state index contributed by atoms with van der Waals surface area (Å²) in [6.07, 6.45) is 0.297. The van der Waals surface area contributed by atoms with E-state index < -0.39 is 17.5 Å². The molecule has 4 rings (SSSR count). The molecule has 0 aromatic heterocycles. The zero-order valence-electron chi connectivity index (χ0n) is 19.5. The van der Waals surface area contributed by atoms with E-state index in [-0.39, 0.29) is 18.5 Å². The van der Waals surface area contributed by atoms with Crippen LogP contribution in [0.1, 0.15) is 30.5 Å².